The van der Waals surface area contributed by atoms with Gasteiger partial charge < -0.3 is 23.9 Å². The van der Waals surface area contributed by atoms with Crippen LogP contribution in [-0.2, 0) is 4.74 Å². The molecular weight excluding hydrogens is 428 g/mol. The Kier molecular flexibility index (Phi) is 6.12. The molecule has 0 spiro atoms. The van der Waals surface area contributed by atoms with Crippen LogP contribution in [0.2, 0.25) is 0 Å². The van der Waals surface area contributed by atoms with Crippen molar-refractivity contribution in [3.8, 4) is 11.5 Å². The molecule has 1 aliphatic heterocycles. The van der Waals surface area contributed by atoms with E-state index >= 15 is 0 Å². The zero-order valence-electron chi connectivity index (χ0n) is 17.5. The molecule has 0 unspecified atom stereocenters. The van der Waals surface area contributed by atoms with Gasteiger partial charge in [-0.1, -0.05) is 18.2 Å². The topological polar surface area (TPSA) is 126 Å². The molecule has 0 saturated heterocycles. The van der Waals surface area contributed by atoms with Crippen molar-refractivity contribution in [1.29, 1.82) is 0 Å². The molecule has 2 heterocycles. The highest BCUT2D eigenvalue weighted by Gasteiger charge is 2.20. The van der Waals surface area contributed by atoms with E-state index in [1.165, 1.54) is 24.3 Å². The Morgan fingerprint density at radius 1 is 1.09 bits per heavy atom. The van der Waals surface area contributed by atoms with Crippen LogP contribution in [0.3, 0.4) is 0 Å². The van der Waals surface area contributed by atoms with Crippen molar-refractivity contribution >= 4 is 35.4 Å². The molecule has 0 fully saturated rings. The summed E-state index contributed by atoms with van der Waals surface area (Å²) < 4.78 is 20.9. The predicted octanol–water partition coefficient (Wildman–Crippen LogP) is 3.67. The third-order valence-electron chi connectivity index (χ3n) is 4.69. The average Bonchev–Trinajstić information content (AvgIpc) is 3.26. The van der Waals surface area contributed by atoms with Crippen molar-refractivity contribution in [2.75, 3.05) is 18.7 Å². The largest absolute Gasteiger partial charge is 0.462 e. The van der Waals surface area contributed by atoms with Crippen LogP contribution < -0.4 is 26.1 Å². The summed E-state index contributed by atoms with van der Waals surface area (Å²) in [4.78, 5) is 37.4. The lowest BCUT2D eigenvalue weighted by atomic mass is 10.1. The molecule has 2 aromatic carbocycles. The fourth-order valence-electron chi connectivity index (χ4n) is 3.09. The number of carbonyl (C=O) groups is 2. The summed E-state index contributed by atoms with van der Waals surface area (Å²) in [6.45, 7) is 1.77. The van der Waals surface area contributed by atoms with Crippen LogP contribution in [0.15, 0.2) is 57.7 Å². The summed E-state index contributed by atoms with van der Waals surface area (Å²) in [7, 11) is 0. The molecule has 1 amide bonds. The number of ether oxygens (including phenoxy) is 3. The molecule has 1 N–H and O–H groups in total. The predicted molar refractivity (Wildman–Crippen MR) is 119 cm³/mol. The number of esters is 1. The molecule has 0 saturated carbocycles. The summed E-state index contributed by atoms with van der Waals surface area (Å²) in [5.74, 6) is -0.536. The summed E-state index contributed by atoms with van der Waals surface area (Å²) >= 11 is 0. The Labute approximate surface area is 188 Å². The lowest BCUT2D eigenvalue weighted by molar-refractivity contribution is 0.0522. The Morgan fingerprint density at radius 3 is 2.55 bits per heavy atom. The first kappa shape index (κ1) is 21.7. The van der Waals surface area contributed by atoms with Crippen LogP contribution in [0.5, 0.6) is 11.5 Å². The first-order chi connectivity index (χ1) is 16.0. The zero-order chi connectivity index (χ0) is 23.4. The van der Waals surface area contributed by atoms with Gasteiger partial charge in [0.25, 0.3) is 5.91 Å². The minimum Gasteiger partial charge on any atom is -0.462 e. The van der Waals surface area contributed by atoms with Crippen LogP contribution in [0, 0.1) is 0 Å². The van der Waals surface area contributed by atoms with Gasteiger partial charge in [-0.15, -0.1) is 5.73 Å². The van der Waals surface area contributed by atoms with Gasteiger partial charge in [-0.25, -0.2) is 9.59 Å². The van der Waals surface area contributed by atoms with Gasteiger partial charge in [-0.2, -0.15) is 0 Å². The quantitative estimate of drug-likeness (QED) is 0.573. The van der Waals surface area contributed by atoms with Crippen molar-refractivity contribution in [3.63, 3.8) is 0 Å². The van der Waals surface area contributed by atoms with Crippen LogP contribution >= 0.6 is 0 Å². The van der Waals surface area contributed by atoms with E-state index in [0.29, 0.717) is 22.6 Å². The summed E-state index contributed by atoms with van der Waals surface area (Å²) in [5.41, 5.74) is 9.64. The number of rotatable bonds is 6. The highest BCUT2D eigenvalue weighted by atomic mass is 16.7. The van der Waals surface area contributed by atoms with E-state index in [1.54, 1.807) is 43.3 Å². The second-order valence-electron chi connectivity index (χ2n) is 6.86. The van der Waals surface area contributed by atoms with E-state index < -0.39 is 17.5 Å². The smallest absolute Gasteiger partial charge is 0.360 e. The molecule has 33 heavy (non-hydrogen) atoms. The van der Waals surface area contributed by atoms with E-state index in [9.17, 15) is 20.1 Å². The molecule has 9 heteroatoms. The van der Waals surface area contributed by atoms with Gasteiger partial charge in [0.05, 0.1) is 12.3 Å². The molecule has 2 radical (unpaired) electrons. The van der Waals surface area contributed by atoms with Crippen molar-refractivity contribution in [1.82, 2.24) is 5.73 Å². The first-order valence-corrected chi connectivity index (χ1v) is 9.98. The van der Waals surface area contributed by atoms with Crippen molar-refractivity contribution in [2.24, 2.45) is 0 Å². The van der Waals surface area contributed by atoms with Gasteiger partial charge in [0.15, 0.2) is 11.5 Å². The Morgan fingerprint density at radius 2 is 1.82 bits per heavy atom. The number of anilines is 1. The molecule has 0 atom stereocenters. The summed E-state index contributed by atoms with van der Waals surface area (Å²) in [6.07, 6.45) is 2.79. The summed E-state index contributed by atoms with van der Waals surface area (Å²) in [5, 5.41) is 2.45. The maximum Gasteiger partial charge on any atom is 0.360 e. The number of amides is 1. The minimum atomic E-state index is -0.859. The van der Waals surface area contributed by atoms with Crippen LogP contribution in [0.1, 0.15) is 39.0 Å². The van der Waals surface area contributed by atoms with Gasteiger partial charge in [0, 0.05) is 17.2 Å². The average molecular weight is 446 g/mol. The highest BCUT2D eigenvalue weighted by Crippen LogP contribution is 2.37. The van der Waals surface area contributed by atoms with E-state index in [4.69, 9.17) is 18.6 Å². The SMILES string of the molecule is CCOC(=O)c1cc(NC(=O)c2ccccc2)c(=O)oc1/C=C/c1cc2c(cc1[N])OCO2. The van der Waals surface area contributed by atoms with Gasteiger partial charge in [0.2, 0.25) is 6.79 Å². The second-order valence-corrected chi connectivity index (χ2v) is 6.86. The normalized spacial score (nSPS) is 12.0. The standard InChI is InChI=1S/C24H18N2O7/c1-2-30-23(28)16-11-18(26-22(27)14-6-4-3-5-7-14)24(29)33-19(16)9-8-15-10-20-21(12-17(15)25)32-13-31-20/h3-12H,2,13H2,1H3,(H,26,27)/b9-8+. The third kappa shape index (κ3) is 4.72. The molecule has 3 aromatic rings. The van der Waals surface area contributed by atoms with Crippen molar-refractivity contribution in [2.45, 2.75) is 6.92 Å². The maximum atomic E-state index is 12.5. The van der Waals surface area contributed by atoms with E-state index in [0.717, 1.165) is 0 Å². The molecule has 0 aliphatic carbocycles. The number of nitrogens with one attached hydrogen (secondary N) is 1. The van der Waals surface area contributed by atoms with Crippen LogP contribution in [0.4, 0.5) is 11.4 Å². The summed E-state index contributed by atoms with van der Waals surface area (Å²) in [6, 6.07) is 12.4. The Bertz CT molecular complexity index is 1300. The number of carbonyl (C=O) groups excluding carboxylic acids is 2. The lowest BCUT2D eigenvalue weighted by Gasteiger charge is -2.09. The number of fused-ring (bicyclic) bond motifs is 1. The van der Waals surface area contributed by atoms with Crippen LogP contribution in [0.25, 0.3) is 12.2 Å². The molecule has 0 bridgehead atoms. The second kappa shape index (κ2) is 9.31. The zero-order valence-corrected chi connectivity index (χ0v) is 17.5. The van der Waals surface area contributed by atoms with Crippen LogP contribution in [-0.4, -0.2) is 25.3 Å². The first-order valence-electron chi connectivity index (χ1n) is 9.98. The minimum absolute atomic E-state index is 0.0417. The van der Waals surface area contributed by atoms with E-state index in [-0.39, 0.29) is 36.1 Å². The monoisotopic (exact) mass is 446 g/mol. The van der Waals surface area contributed by atoms with Crippen molar-refractivity contribution < 1.29 is 28.2 Å². The third-order valence-corrected chi connectivity index (χ3v) is 4.69. The maximum absolute atomic E-state index is 12.5. The number of nitrogens with zero attached hydrogens (tertiary/aromatic N) is 1. The Balaban J connectivity index is 1.68. The lowest BCUT2D eigenvalue weighted by Crippen LogP contribution is -2.20. The fraction of sp³-hybridized carbons (Fsp3) is 0.125. The fourth-order valence-corrected chi connectivity index (χ4v) is 3.09. The number of hydrogen-bond acceptors (Lipinski definition) is 7. The van der Waals surface area contributed by atoms with Gasteiger partial charge in [-0.3, -0.25) is 4.79 Å². The van der Waals surface area contributed by atoms with Crippen molar-refractivity contribution in [3.05, 3.63) is 81.4 Å². The number of benzene rings is 2. The van der Waals surface area contributed by atoms with E-state index in [2.05, 4.69) is 5.32 Å². The van der Waals surface area contributed by atoms with E-state index in [1.807, 2.05) is 0 Å². The van der Waals surface area contributed by atoms with Gasteiger partial charge in [-0.05, 0) is 43.3 Å². The highest BCUT2D eigenvalue weighted by molar-refractivity contribution is 6.05. The number of hydrogen-bond donors (Lipinski definition) is 1. The molecule has 4 rings (SSSR count). The molecule has 1 aliphatic rings. The Hall–Kier alpha value is -4.53. The van der Waals surface area contributed by atoms with Gasteiger partial charge >= 0.3 is 11.6 Å². The molecular formula is C24H18N2O7. The molecule has 166 valence electrons. The van der Waals surface area contributed by atoms with Gasteiger partial charge in [0.1, 0.15) is 17.0 Å². The molecule has 1 aromatic heterocycles. The molecule has 9 nitrogen and oxygen atoms in total.